The number of unbranched alkanes of at least 4 members (excludes halogenated alkanes) is 1. The zero-order chi connectivity index (χ0) is 13.6. The largest absolute Gasteiger partial charge is 0.506 e. The van der Waals surface area contributed by atoms with Gasteiger partial charge in [0.25, 0.3) is 0 Å². The molecule has 1 rings (SSSR count). The maximum Gasteiger partial charge on any atom is 0.178 e. The van der Waals surface area contributed by atoms with Crippen LogP contribution >= 0.6 is 0 Å². The van der Waals surface area contributed by atoms with Gasteiger partial charge >= 0.3 is 0 Å². The third kappa shape index (κ3) is 3.89. The van der Waals surface area contributed by atoms with Crippen LogP contribution in [0.4, 0.5) is 5.69 Å². The summed E-state index contributed by atoms with van der Waals surface area (Å²) >= 11 is 0. The van der Waals surface area contributed by atoms with E-state index in [-0.39, 0.29) is 16.4 Å². The number of anilines is 1. The molecule has 0 atom stereocenters. The first-order chi connectivity index (χ1) is 8.51. The van der Waals surface area contributed by atoms with E-state index in [0.717, 1.165) is 12.8 Å². The summed E-state index contributed by atoms with van der Waals surface area (Å²) in [6.45, 7) is 2.87. The third-order valence-corrected chi connectivity index (χ3v) is 4.39. The van der Waals surface area contributed by atoms with Gasteiger partial charge in [0.1, 0.15) is 5.75 Å². The van der Waals surface area contributed by atoms with Crippen LogP contribution in [-0.2, 0) is 9.84 Å². The first-order valence-electron chi connectivity index (χ1n) is 6.01. The van der Waals surface area contributed by atoms with E-state index >= 15 is 0 Å². The highest BCUT2D eigenvalue weighted by molar-refractivity contribution is 7.91. The van der Waals surface area contributed by atoms with Gasteiger partial charge in [-0.1, -0.05) is 6.92 Å². The molecule has 0 unspecified atom stereocenters. The molecule has 0 aliphatic heterocycles. The summed E-state index contributed by atoms with van der Waals surface area (Å²) in [6, 6.07) is 4.28. The fraction of sp³-hybridized carbons (Fsp3) is 0.500. The highest BCUT2D eigenvalue weighted by Gasteiger charge is 2.13. The van der Waals surface area contributed by atoms with Crippen molar-refractivity contribution in [3.8, 4) is 5.75 Å². The second-order valence-corrected chi connectivity index (χ2v) is 6.28. The minimum Gasteiger partial charge on any atom is -0.506 e. The van der Waals surface area contributed by atoms with Gasteiger partial charge < -0.3 is 16.2 Å². The van der Waals surface area contributed by atoms with E-state index in [0.29, 0.717) is 18.8 Å². The van der Waals surface area contributed by atoms with Crippen molar-refractivity contribution >= 4 is 15.5 Å². The fourth-order valence-electron chi connectivity index (χ4n) is 1.51. The minimum absolute atomic E-state index is 0.0460. The molecule has 1 aromatic carbocycles. The lowest BCUT2D eigenvalue weighted by Gasteiger charge is -2.10. The van der Waals surface area contributed by atoms with Gasteiger partial charge in [0.15, 0.2) is 9.84 Å². The molecule has 0 bridgehead atoms. The van der Waals surface area contributed by atoms with E-state index < -0.39 is 9.84 Å². The normalized spacial score (nSPS) is 11.4. The molecule has 4 N–H and O–H groups in total. The van der Waals surface area contributed by atoms with Crippen molar-refractivity contribution < 1.29 is 13.5 Å². The number of phenols is 1. The van der Waals surface area contributed by atoms with E-state index in [1.165, 1.54) is 18.2 Å². The number of hydrogen-bond donors (Lipinski definition) is 3. The topological polar surface area (TPSA) is 92.4 Å². The Bertz CT molecular complexity index is 486. The van der Waals surface area contributed by atoms with Crippen molar-refractivity contribution in [2.24, 2.45) is 5.73 Å². The van der Waals surface area contributed by atoms with Gasteiger partial charge in [-0.05, 0) is 37.6 Å². The van der Waals surface area contributed by atoms with Gasteiger partial charge in [-0.3, -0.25) is 0 Å². The molecule has 0 aromatic heterocycles. The summed E-state index contributed by atoms with van der Waals surface area (Å²) < 4.78 is 23.4. The van der Waals surface area contributed by atoms with Crippen molar-refractivity contribution in [1.29, 1.82) is 0 Å². The van der Waals surface area contributed by atoms with Gasteiger partial charge in [-0.15, -0.1) is 0 Å². The SMILES string of the molecule is CCS(=O)(=O)c1ccc(O)c(NCCCCN)c1. The van der Waals surface area contributed by atoms with E-state index in [4.69, 9.17) is 5.73 Å². The smallest absolute Gasteiger partial charge is 0.178 e. The minimum atomic E-state index is -3.24. The summed E-state index contributed by atoms with van der Waals surface area (Å²) in [6.07, 6.45) is 1.77. The number of hydrogen-bond acceptors (Lipinski definition) is 5. The molecule has 102 valence electrons. The molecular weight excluding hydrogens is 252 g/mol. The molecular formula is C12H20N2O3S. The molecule has 6 heteroatoms. The summed E-state index contributed by atoms with van der Waals surface area (Å²) in [5.74, 6) is 0.0995. The van der Waals surface area contributed by atoms with Crippen LogP contribution in [0.5, 0.6) is 5.75 Å². The molecule has 0 heterocycles. The molecule has 0 saturated heterocycles. The van der Waals surface area contributed by atoms with Gasteiger partial charge in [0, 0.05) is 6.54 Å². The predicted octanol–water partition coefficient (Wildman–Crippen LogP) is 1.34. The zero-order valence-electron chi connectivity index (χ0n) is 10.5. The maximum atomic E-state index is 11.7. The molecule has 0 amide bonds. The first kappa shape index (κ1) is 14.8. The Balaban J connectivity index is 2.82. The van der Waals surface area contributed by atoms with Crippen molar-refractivity contribution in [2.75, 3.05) is 24.2 Å². The van der Waals surface area contributed by atoms with Crippen molar-refractivity contribution in [1.82, 2.24) is 0 Å². The van der Waals surface area contributed by atoms with Crippen LogP contribution in [0.1, 0.15) is 19.8 Å². The first-order valence-corrected chi connectivity index (χ1v) is 7.66. The quantitative estimate of drug-likeness (QED) is 0.514. The Morgan fingerprint density at radius 2 is 2.06 bits per heavy atom. The van der Waals surface area contributed by atoms with Crippen LogP contribution in [0, 0.1) is 0 Å². The monoisotopic (exact) mass is 272 g/mol. The van der Waals surface area contributed by atoms with Gasteiger partial charge in [0.05, 0.1) is 16.3 Å². The van der Waals surface area contributed by atoms with Crippen LogP contribution in [0.3, 0.4) is 0 Å². The lowest BCUT2D eigenvalue weighted by Crippen LogP contribution is -2.07. The van der Waals surface area contributed by atoms with Crippen LogP contribution in [0.2, 0.25) is 0 Å². The Kier molecular flexibility index (Phi) is 5.43. The molecule has 0 spiro atoms. The molecule has 0 aliphatic rings. The molecule has 0 fully saturated rings. The van der Waals surface area contributed by atoms with E-state index in [1.54, 1.807) is 6.92 Å². The Labute approximate surface area is 108 Å². The summed E-state index contributed by atoms with van der Waals surface area (Å²) in [7, 11) is -3.24. The van der Waals surface area contributed by atoms with Crippen LogP contribution in [0.15, 0.2) is 23.1 Å². The van der Waals surface area contributed by atoms with Gasteiger partial charge in [-0.2, -0.15) is 0 Å². The molecule has 0 aliphatic carbocycles. The number of phenolic OH excluding ortho intramolecular Hbond substituents is 1. The van der Waals surface area contributed by atoms with Gasteiger partial charge in [-0.25, -0.2) is 8.42 Å². The van der Waals surface area contributed by atoms with E-state index in [9.17, 15) is 13.5 Å². The third-order valence-electron chi connectivity index (χ3n) is 2.65. The second-order valence-electron chi connectivity index (χ2n) is 4.00. The van der Waals surface area contributed by atoms with Crippen LogP contribution < -0.4 is 11.1 Å². The predicted molar refractivity (Wildman–Crippen MR) is 72.6 cm³/mol. The number of rotatable bonds is 7. The van der Waals surface area contributed by atoms with Gasteiger partial charge in [0.2, 0.25) is 0 Å². The summed E-state index contributed by atoms with van der Waals surface area (Å²) in [4.78, 5) is 0.226. The van der Waals surface area contributed by atoms with Crippen molar-refractivity contribution in [2.45, 2.75) is 24.7 Å². The number of sulfone groups is 1. The van der Waals surface area contributed by atoms with E-state index in [1.807, 2.05) is 0 Å². The van der Waals surface area contributed by atoms with E-state index in [2.05, 4.69) is 5.32 Å². The molecule has 0 radical (unpaired) electrons. The summed E-state index contributed by atoms with van der Waals surface area (Å²) in [5, 5.41) is 12.7. The van der Waals surface area contributed by atoms with Crippen molar-refractivity contribution in [3.63, 3.8) is 0 Å². The fourth-order valence-corrected chi connectivity index (χ4v) is 2.42. The molecule has 5 nitrogen and oxygen atoms in total. The number of nitrogens with one attached hydrogen (secondary N) is 1. The van der Waals surface area contributed by atoms with Crippen molar-refractivity contribution in [3.05, 3.63) is 18.2 Å². The lowest BCUT2D eigenvalue weighted by atomic mass is 10.2. The maximum absolute atomic E-state index is 11.7. The average Bonchev–Trinajstić information content (AvgIpc) is 2.36. The zero-order valence-corrected chi connectivity index (χ0v) is 11.3. The Morgan fingerprint density at radius 3 is 2.67 bits per heavy atom. The number of aromatic hydroxyl groups is 1. The lowest BCUT2D eigenvalue weighted by molar-refractivity contribution is 0.476. The molecule has 18 heavy (non-hydrogen) atoms. The van der Waals surface area contributed by atoms with Crippen LogP contribution in [-0.4, -0.2) is 32.4 Å². The Hall–Kier alpha value is -1.27. The standard InChI is InChI=1S/C12H20N2O3S/c1-2-18(16,17)10-5-6-12(15)11(9-10)14-8-4-3-7-13/h5-6,9,14-15H,2-4,7-8,13H2,1H3. The molecule has 0 saturated carbocycles. The summed E-state index contributed by atoms with van der Waals surface area (Å²) in [5.41, 5.74) is 5.83. The average molecular weight is 272 g/mol. The number of benzene rings is 1. The highest BCUT2D eigenvalue weighted by Crippen LogP contribution is 2.26. The molecule has 1 aromatic rings. The van der Waals surface area contributed by atoms with Crippen LogP contribution in [0.25, 0.3) is 0 Å². The Morgan fingerprint density at radius 1 is 1.33 bits per heavy atom. The highest BCUT2D eigenvalue weighted by atomic mass is 32.2. The number of nitrogens with two attached hydrogens (primary N) is 1. The second kappa shape index (κ2) is 6.61.